The largest absolute Gasteiger partial charge is 0.417 e. The van der Waals surface area contributed by atoms with Crippen molar-refractivity contribution in [2.24, 2.45) is 7.05 Å². The number of carbonyl (C=O) groups excluding carboxylic acids is 1. The lowest BCUT2D eigenvalue weighted by molar-refractivity contribution is -0.137. The number of aryl methyl sites for hydroxylation is 1. The quantitative estimate of drug-likeness (QED) is 0.811. The van der Waals surface area contributed by atoms with E-state index < -0.39 is 11.7 Å². The Morgan fingerprint density at radius 3 is 2.58 bits per heavy atom. The van der Waals surface area contributed by atoms with E-state index in [-0.39, 0.29) is 11.9 Å². The number of pyridine rings is 1. The molecule has 0 spiro atoms. The van der Waals surface area contributed by atoms with E-state index in [1.807, 2.05) is 4.90 Å². The Bertz CT molecular complexity index is 799. The van der Waals surface area contributed by atoms with Crippen molar-refractivity contribution in [1.29, 1.82) is 0 Å². The van der Waals surface area contributed by atoms with Gasteiger partial charge in [-0.25, -0.2) is 4.98 Å². The van der Waals surface area contributed by atoms with Crippen molar-refractivity contribution in [3.05, 3.63) is 40.3 Å². The molecule has 1 N–H and O–H groups in total. The maximum atomic E-state index is 12.7. The molecule has 140 valence electrons. The fraction of sp³-hybridized carbons (Fsp3) is 0.438. The molecule has 26 heavy (non-hydrogen) atoms. The van der Waals surface area contributed by atoms with E-state index >= 15 is 0 Å². The Morgan fingerprint density at radius 2 is 2.04 bits per heavy atom. The number of aromatic nitrogens is 3. The molecular weight excluding hydrogens is 415 g/mol. The van der Waals surface area contributed by atoms with Crippen LogP contribution in [0.2, 0.25) is 0 Å². The van der Waals surface area contributed by atoms with E-state index in [4.69, 9.17) is 0 Å². The standard InChI is InChI=1S/C16H17BrF3N5O/c1-24-13(2-5-22-24)15(26)23-11-3-6-25(7-4-11)14-12(17)8-10(9-21-14)16(18,19)20/h2,5,8-9,11H,3-4,6-7H2,1H3,(H,23,26). The van der Waals surface area contributed by atoms with Gasteiger partial charge in [-0.05, 0) is 40.9 Å². The van der Waals surface area contributed by atoms with Gasteiger partial charge in [0.25, 0.3) is 5.91 Å². The molecule has 3 rings (SSSR count). The van der Waals surface area contributed by atoms with Gasteiger partial charge in [-0.1, -0.05) is 0 Å². The third-order valence-corrected chi connectivity index (χ3v) is 4.92. The van der Waals surface area contributed by atoms with Gasteiger partial charge in [0.15, 0.2) is 0 Å². The zero-order valence-electron chi connectivity index (χ0n) is 13.9. The fourth-order valence-electron chi connectivity index (χ4n) is 2.91. The van der Waals surface area contributed by atoms with Crippen LogP contribution >= 0.6 is 15.9 Å². The molecule has 1 fully saturated rings. The molecule has 10 heteroatoms. The summed E-state index contributed by atoms with van der Waals surface area (Å²) in [6.07, 6.45) is -0.656. The molecule has 1 saturated heterocycles. The maximum absolute atomic E-state index is 12.7. The summed E-state index contributed by atoms with van der Waals surface area (Å²) in [5.74, 6) is 0.298. The summed E-state index contributed by atoms with van der Waals surface area (Å²) in [7, 11) is 1.70. The van der Waals surface area contributed by atoms with Crippen molar-refractivity contribution in [3.8, 4) is 0 Å². The lowest BCUT2D eigenvalue weighted by atomic mass is 10.0. The monoisotopic (exact) mass is 431 g/mol. The number of amides is 1. The highest BCUT2D eigenvalue weighted by molar-refractivity contribution is 9.10. The van der Waals surface area contributed by atoms with Crippen LogP contribution in [0.1, 0.15) is 28.9 Å². The number of hydrogen-bond acceptors (Lipinski definition) is 4. The van der Waals surface area contributed by atoms with Crippen molar-refractivity contribution in [3.63, 3.8) is 0 Å². The van der Waals surface area contributed by atoms with Crippen LogP contribution in [0.4, 0.5) is 19.0 Å². The molecule has 6 nitrogen and oxygen atoms in total. The van der Waals surface area contributed by atoms with Crippen molar-refractivity contribution in [1.82, 2.24) is 20.1 Å². The van der Waals surface area contributed by atoms with Gasteiger partial charge in [-0.15, -0.1) is 0 Å². The molecule has 2 aromatic heterocycles. The first-order chi connectivity index (χ1) is 12.3. The maximum Gasteiger partial charge on any atom is 0.417 e. The van der Waals surface area contributed by atoms with Crippen LogP contribution in [-0.4, -0.2) is 39.8 Å². The summed E-state index contributed by atoms with van der Waals surface area (Å²) in [4.78, 5) is 18.1. The Balaban J connectivity index is 1.60. The molecule has 1 aliphatic heterocycles. The van der Waals surface area contributed by atoms with Gasteiger partial charge in [0.1, 0.15) is 11.5 Å². The summed E-state index contributed by atoms with van der Waals surface area (Å²) in [5.41, 5.74) is -0.300. The van der Waals surface area contributed by atoms with E-state index in [0.29, 0.717) is 41.9 Å². The summed E-state index contributed by atoms with van der Waals surface area (Å²) in [6, 6.07) is 2.69. The first-order valence-electron chi connectivity index (χ1n) is 8.02. The highest BCUT2D eigenvalue weighted by Crippen LogP contribution is 2.34. The molecule has 1 aliphatic rings. The number of nitrogens with zero attached hydrogens (tertiary/aromatic N) is 4. The molecule has 0 bridgehead atoms. The van der Waals surface area contributed by atoms with E-state index in [9.17, 15) is 18.0 Å². The number of rotatable bonds is 3. The third kappa shape index (κ3) is 4.00. The van der Waals surface area contributed by atoms with Gasteiger partial charge in [-0.3, -0.25) is 9.48 Å². The van der Waals surface area contributed by atoms with Crippen LogP contribution in [-0.2, 0) is 13.2 Å². The molecule has 0 aromatic carbocycles. The minimum absolute atomic E-state index is 0.00174. The molecular formula is C16H17BrF3N5O. The molecule has 1 amide bonds. The van der Waals surface area contributed by atoms with E-state index in [1.54, 1.807) is 19.3 Å². The summed E-state index contributed by atoms with van der Waals surface area (Å²) in [5, 5.41) is 6.94. The zero-order valence-corrected chi connectivity index (χ0v) is 15.5. The molecule has 0 saturated carbocycles. The Morgan fingerprint density at radius 1 is 1.35 bits per heavy atom. The van der Waals surface area contributed by atoms with Gasteiger partial charge in [0.2, 0.25) is 0 Å². The molecule has 0 radical (unpaired) electrons. The van der Waals surface area contributed by atoms with Crippen molar-refractivity contribution in [2.45, 2.75) is 25.1 Å². The Kier molecular flexibility index (Phi) is 5.22. The topological polar surface area (TPSA) is 63.1 Å². The number of alkyl halides is 3. The average Bonchev–Trinajstić information content (AvgIpc) is 3.01. The normalized spacial score (nSPS) is 16.0. The number of carbonyl (C=O) groups is 1. The lowest BCUT2D eigenvalue weighted by Crippen LogP contribution is -2.45. The molecule has 0 unspecified atom stereocenters. The van der Waals surface area contributed by atoms with Crippen molar-refractivity contribution in [2.75, 3.05) is 18.0 Å². The third-order valence-electron chi connectivity index (χ3n) is 4.33. The minimum atomic E-state index is -4.42. The van der Waals surface area contributed by atoms with E-state index in [2.05, 4.69) is 31.3 Å². The van der Waals surface area contributed by atoms with Crippen molar-refractivity contribution < 1.29 is 18.0 Å². The first-order valence-corrected chi connectivity index (χ1v) is 8.81. The van der Waals surface area contributed by atoms with Crippen LogP contribution < -0.4 is 10.2 Å². The van der Waals surface area contributed by atoms with Gasteiger partial charge >= 0.3 is 6.18 Å². The fourth-order valence-corrected chi connectivity index (χ4v) is 3.51. The SMILES string of the molecule is Cn1nccc1C(=O)NC1CCN(c2ncc(C(F)(F)F)cc2Br)CC1. The van der Waals surface area contributed by atoms with Crippen LogP contribution in [0.15, 0.2) is 29.0 Å². The highest BCUT2D eigenvalue weighted by atomic mass is 79.9. The second-order valence-electron chi connectivity index (χ2n) is 6.10. The smallest absolute Gasteiger partial charge is 0.356 e. The Labute approximate surface area is 156 Å². The summed E-state index contributed by atoms with van der Waals surface area (Å²) in [6.45, 7) is 1.18. The van der Waals surface area contributed by atoms with Crippen LogP contribution in [0, 0.1) is 0 Å². The van der Waals surface area contributed by atoms with Gasteiger partial charge in [0, 0.05) is 38.6 Å². The second-order valence-corrected chi connectivity index (χ2v) is 6.96. The van der Waals surface area contributed by atoms with Gasteiger partial charge in [-0.2, -0.15) is 18.3 Å². The summed E-state index contributed by atoms with van der Waals surface area (Å²) < 4.78 is 40.0. The first kappa shape index (κ1) is 18.7. The predicted molar refractivity (Wildman–Crippen MR) is 92.8 cm³/mol. The number of hydrogen-bond donors (Lipinski definition) is 1. The molecule has 2 aromatic rings. The number of piperidine rings is 1. The molecule has 3 heterocycles. The number of halogens is 4. The van der Waals surface area contributed by atoms with Crippen molar-refractivity contribution >= 4 is 27.7 Å². The zero-order chi connectivity index (χ0) is 18.9. The second kappa shape index (κ2) is 7.26. The average molecular weight is 432 g/mol. The van der Waals surface area contributed by atoms with Gasteiger partial charge in [0.05, 0.1) is 10.0 Å². The van der Waals surface area contributed by atoms with Crippen LogP contribution in [0.25, 0.3) is 0 Å². The molecule has 0 aliphatic carbocycles. The molecule has 0 atom stereocenters. The van der Waals surface area contributed by atoms with Gasteiger partial charge < -0.3 is 10.2 Å². The lowest BCUT2D eigenvalue weighted by Gasteiger charge is -2.33. The number of nitrogens with one attached hydrogen (secondary N) is 1. The van der Waals surface area contributed by atoms with Crippen LogP contribution in [0.5, 0.6) is 0 Å². The minimum Gasteiger partial charge on any atom is -0.356 e. The number of anilines is 1. The summed E-state index contributed by atoms with van der Waals surface area (Å²) >= 11 is 3.18. The van der Waals surface area contributed by atoms with E-state index in [1.165, 1.54) is 4.68 Å². The predicted octanol–water partition coefficient (Wildman–Crippen LogP) is 3.00. The highest BCUT2D eigenvalue weighted by Gasteiger charge is 2.32. The Hall–Kier alpha value is -2.10. The van der Waals surface area contributed by atoms with Crippen LogP contribution in [0.3, 0.4) is 0 Å². The van der Waals surface area contributed by atoms with E-state index in [0.717, 1.165) is 12.3 Å².